The summed E-state index contributed by atoms with van der Waals surface area (Å²) in [7, 11) is 0. The second kappa shape index (κ2) is 14.5. The highest BCUT2D eigenvalue weighted by Gasteiger charge is 2.38. The van der Waals surface area contributed by atoms with Gasteiger partial charge in [-0.25, -0.2) is 9.59 Å². The molecule has 0 saturated carbocycles. The van der Waals surface area contributed by atoms with Crippen LogP contribution in [0.15, 0.2) is 24.3 Å². The average molecular weight is 510 g/mol. The highest BCUT2D eigenvalue weighted by atomic mass is 35.5. The van der Waals surface area contributed by atoms with E-state index in [1.807, 2.05) is 12.1 Å². The van der Waals surface area contributed by atoms with E-state index in [-0.39, 0.29) is 5.91 Å². The molecule has 0 aliphatic carbocycles. The Kier molecular flexibility index (Phi) is 13.4. The second-order valence-electron chi connectivity index (χ2n) is 6.32. The maximum absolute atomic E-state index is 11.9. The summed E-state index contributed by atoms with van der Waals surface area (Å²) < 4.78 is 63.5. The van der Waals surface area contributed by atoms with E-state index in [0.717, 1.165) is 32.5 Å². The molecule has 1 aromatic rings. The van der Waals surface area contributed by atoms with E-state index in [1.54, 1.807) is 12.1 Å². The summed E-state index contributed by atoms with van der Waals surface area (Å²) in [5, 5.41) is 24.4. The molecule has 0 aromatic heterocycles. The number of carbonyl (C=O) groups excluding carboxylic acids is 1. The van der Waals surface area contributed by atoms with Gasteiger partial charge in [0.1, 0.15) is 0 Å². The number of carboxylic acids is 2. The van der Waals surface area contributed by atoms with Crippen molar-refractivity contribution in [3.05, 3.63) is 34.9 Å². The summed E-state index contributed by atoms with van der Waals surface area (Å²) in [6.07, 6.45) is -7.86. The standard InChI is InChI=1S/C14H20ClN3O.2C2HF3O2/c15-13-4-2-1-3-12(13)14(19)18-10-9-17-11-5-7-16-8-6-11;2*3-2(4,5)1(6)7/h1-4,11,16-17H,5-10H2,(H,18,19);2*(H,6,7). The minimum Gasteiger partial charge on any atom is -0.475 e. The number of benzene rings is 1. The summed E-state index contributed by atoms with van der Waals surface area (Å²) in [6, 6.07) is 7.66. The number of carboxylic acid groups (broad SMARTS) is 2. The van der Waals surface area contributed by atoms with E-state index < -0.39 is 24.3 Å². The number of rotatable bonds is 5. The van der Waals surface area contributed by atoms with E-state index >= 15 is 0 Å². The SMILES string of the molecule is O=C(NCCNC1CCNCC1)c1ccccc1Cl.O=C(O)C(F)(F)F.O=C(O)C(F)(F)F. The van der Waals surface area contributed by atoms with E-state index in [2.05, 4.69) is 16.0 Å². The molecule has 1 aliphatic heterocycles. The highest BCUT2D eigenvalue weighted by molar-refractivity contribution is 6.33. The lowest BCUT2D eigenvalue weighted by atomic mass is 10.1. The Morgan fingerprint density at radius 1 is 0.939 bits per heavy atom. The van der Waals surface area contributed by atoms with Gasteiger partial charge in [0.25, 0.3) is 5.91 Å². The molecule has 1 aromatic carbocycles. The Morgan fingerprint density at radius 3 is 1.82 bits per heavy atom. The molecule has 188 valence electrons. The van der Waals surface area contributed by atoms with E-state index in [0.29, 0.717) is 23.2 Å². The summed E-state index contributed by atoms with van der Waals surface area (Å²) in [5.41, 5.74) is 0.533. The van der Waals surface area contributed by atoms with Crippen molar-refractivity contribution >= 4 is 29.4 Å². The largest absolute Gasteiger partial charge is 0.490 e. The first-order chi connectivity index (χ1) is 15.2. The number of nitrogens with one attached hydrogen (secondary N) is 3. The number of piperidine rings is 1. The number of halogens is 7. The molecule has 15 heteroatoms. The van der Waals surface area contributed by atoms with Crippen LogP contribution >= 0.6 is 11.6 Å². The zero-order chi connectivity index (χ0) is 25.7. The molecule has 1 heterocycles. The molecular formula is C18H22ClF6N3O5. The smallest absolute Gasteiger partial charge is 0.475 e. The molecule has 33 heavy (non-hydrogen) atoms. The fourth-order valence-electron chi connectivity index (χ4n) is 2.22. The first-order valence-electron chi connectivity index (χ1n) is 9.23. The number of alkyl halides is 6. The first kappa shape index (κ1) is 30.4. The summed E-state index contributed by atoms with van der Waals surface area (Å²) in [4.78, 5) is 29.7. The van der Waals surface area contributed by atoms with Crippen molar-refractivity contribution in [2.24, 2.45) is 0 Å². The average Bonchev–Trinajstić information content (AvgIpc) is 2.71. The molecular weight excluding hydrogens is 488 g/mol. The third-order valence-corrected chi connectivity index (χ3v) is 4.12. The Hall–Kier alpha value is -2.58. The lowest BCUT2D eigenvalue weighted by Crippen LogP contribution is -2.42. The predicted molar refractivity (Wildman–Crippen MR) is 105 cm³/mol. The zero-order valence-corrected chi connectivity index (χ0v) is 17.7. The molecule has 0 radical (unpaired) electrons. The monoisotopic (exact) mass is 509 g/mol. The van der Waals surface area contributed by atoms with Gasteiger partial charge in [0.05, 0.1) is 10.6 Å². The van der Waals surface area contributed by atoms with Crippen LogP contribution in [-0.2, 0) is 9.59 Å². The van der Waals surface area contributed by atoms with Crippen molar-refractivity contribution in [3.8, 4) is 0 Å². The van der Waals surface area contributed by atoms with Crippen molar-refractivity contribution in [2.75, 3.05) is 26.2 Å². The number of hydrogen-bond donors (Lipinski definition) is 5. The number of hydrogen-bond acceptors (Lipinski definition) is 5. The van der Waals surface area contributed by atoms with Crippen LogP contribution in [0.25, 0.3) is 0 Å². The molecule has 0 atom stereocenters. The van der Waals surface area contributed by atoms with Crippen molar-refractivity contribution in [1.29, 1.82) is 0 Å². The van der Waals surface area contributed by atoms with Crippen LogP contribution < -0.4 is 16.0 Å². The van der Waals surface area contributed by atoms with E-state index in [4.69, 9.17) is 31.4 Å². The number of amides is 1. The van der Waals surface area contributed by atoms with Gasteiger partial charge in [-0.1, -0.05) is 23.7 Å². The Bertz CT molecular complexity index is 747. The highest BCUT2D eigenvalue weighted by Crippen LogP contribution is 2.15. The minimum atomic E-state index is -5.08. The Morgan fingerprint density at radius 2 is 1.39 bits per heavy atom. The molecule has 5 N–H and O–H groups in total. The second-order valence-corrected chi connectivity index (χ2v) is 6.73. The lowest BCUT2D eigenvalue weighted by molar-refractivity contribution is -0.193. The van der Waals surface area contributed by atoms with Gasteiger partial charge >= 0.3 is 24.3 Å². The number of aliphatic carboxylic acids is 2. The molecule has 0 bridgehead atoms. The zero-order valence-electron chi connectivity index (χ0n) is 16.9. The van der Waals surface area contributed by atoms with Gasteiger partial charge in [-0.2, -0.15) is 26.3 Å². The van der Waals surface area contributed by atoms with Gasteiger partial charge in [-0.05, 0) is 38.1 Å². The third kappa shape index (κ3) is 14.2. The summed E-state index contributed by atoms with van der Waals surface area (Å²) >= 11 is 5.97. The molecule has 1 aliphatic rings. The van der Waals surface area contributed by atoms with Crippen LogP contribution in [0.3, 0.4) is 0 Å². The first-order valence-corrected chi connectivity index (χ1v) is 9.61. The number of carbonyl (C=O) groups is 3. The topological polar surface area (TPSA) is 128 Å². The van der Waals surface area contributed by atoms with Gasteiger partial charge in [-0.15, -0.1) is 0 Å². The Labute approximate surface area is 189 Å². The summed E-state index contributed by atoms with van der Waals surface area (Å²) in [6.45, 7) is 3.56. The minimum absolute atomic E-state index is 0.113. The van der Waals surface area contributed by atoms with Crippen LogP contribution in [0, 0.1) is 0 Å². The maximum atomic E-state index is 11.9. The quantitative estimate of drug-likeness (QED) is 0.305. The van der Waals surface area contributed by atoms with Crippen LogP contribution in [0.5, 0.6) is 0 Å². The van der Waals surface area contributed by atoms with Crippen molar-refractivity contribution in [2.45, 2.75) is 31.2 Å². The molecule has 1 saturated heterocycles. The molecule has 1 fully saturated rings. The van der Waals surface area contributed by atoms with Crippen LogP contribution in [0.2, 0.25) is 5.02 Å². The fraction of sp³-hybridized carbons (Fsp3) is 0.500. The van der Waals surface area contributed by atoms with E-state index in [9.17, 15) is 31.1 Å². The fourth-order valence-corrected chi connectivity index (χ4v) is 2.44. The van der Waals surface area contributed by atoms with Crippen molar-refractivity contribution in [1.82, 2.24) is 16.0 Å². The Balaban J connectivity index is 0.000000605. The third-order valence-electron chi connectivity index (χ3n) is 3.79. The van der Waals surface area contributed by atoms with Crippen molar-refractivity contribution in [3.63, 3.8) is 0 Å². The lowest BCUT2D eigenvalue weighted by Gasteiger charge is -2.23. The van der Waals surface area contributed by atoms with Gasteiger partial charge in [-0.3, -0.25) is 4.79 Å². The molecule has 0 unspecified atom stereocenters. The van der Waals surface area contributed by atoms with Gasteiger partial charge in [0, 0.05) is 19.1 Å². The maximum Gasteiger partial charge on any atom is 0.490 e. The van der Waals surface area contributed by atoms with Gasteiger partial charge in [0.2, 0.25) is 0 Å². The van der Waals surface area contributed by atoms with Crippen molar-refractivity contribution < 1.29 is 50.9 Å². The normalized spacial score (nSPS) is 14.2. The summed E-state index contributed by atoms with van der Waals surface area (Å²) in [5.74, 6) is -5.63. The van der Waals surface area contributed by atoms with Gasteiger partial charge in [0.15, 0.2) is 0 Å². The van der Waals surface area contributed by atoms with Crippen LogP contribution in [0.4, 0.5) is 26.3 Å². The molecule has 8 nitrogen and oxygen atoms in total. The van der Waals surface area contributed by atoms with E-state index in [1.165, 1.54) is 0 Å². The molecule has 2 rings (SSSR count). The van der Waals surface area contributed by atoms with Crippen LogP contribution in [-0.4, -0.2) is 72.6 Å². The predicted octanol–water partition coefficient (Wildman–Crippen LogP) is 2.68. The molecule has 0 spiro atoms. The van der Waals surface area contributed by atoms with Crippen LogP contribution in [0.1, 0.15) is 23.2 Å². The van der Waals surface area contributed by atoms with Gasteiger partial charge < -0.3 is 26.2 Å². The molecule has 1 amide bonds.